The molecule has 5 heteroatoms. The van der Waals surface area contributed by atoms with E-state index in [4.69, 9.17) is 4.74 Å². The van der Waals surface area contributed by atoms with Crippen LogP contribution in [0.4, 0.5) is 0 Å². The highest BCUT2D eigenvalue weighted by Crippen LogP contribution is 2.35. The molecular formula is C14H13NO3S. The van der Waals surface area contributed by atoms with Gasteiger partial charge in [-0.3, -0.25) is 4.79 Å². The zero-order valence-corrected chi connectivity index (χ0v) is 11.3. The number of thioether (sulfide) groups is 1. The maximum atomic E-state index is 12.5. The molecule has 1 N–H and O–H groups in total. The molecule has 0 bridgehead atoms. The Balaban J connectivity index is 2.27. The van der Waals surface area contributed by atoms with E-state index in [1.54, 1.807) is 18.7 Å². The fourth-order valence-electron chi connectivity index (χ4n) is 2.31. The molecule has 0 fully saturated rings. The number of aryl methyl sites for hydroxylation is 1. The van der Waals surface area contributed by atoms with Gasteiger partial charge in [-0.15, -0.1) is 11.8 Å². The summed E-state index contributed by atoms with van der Waals surface area (Å²) < 4.78 is 4.91. The molecule has 0 spiro atoms. The van der Waals surface area contributed by atoms with Gasteiger partial charge in [-0.2, -0.15) is 0 Å². The summed E-state index contributed by atoms with van der Waals surface area (Å²) in [4.78, 5) is 28.3. The van der Waals surface area contributed by atoms with Crippen molar-refractivity contribution in [1.29, 1.82) is 0 Å². The zero-order valence-electron chi connectivity index (χ0n) is 10.5. The highest BCUT2D eigenvalue weighted by atomic mass is 32.2. The molecule has 0 amide bonds. The predicted octanol–water partition coefficient (Wildman–Crippen LogP) is 2.35. The number of aromatic amines is 1. The van der Waals surface area contributed by atoms with Gasteiger partial charge in [0.2, 0.25) is 5.43 Å². The molecule has 1 aromatic carbocycles. The van der Waals surface area contributed by atoms with Crippen molar-refractivity contribution in [3.05, 3.63) is 39.7 Å². The Labute approximate surface area is 114 Å². The van der Waals surface area contributed by atoms with Gasteiger partial charge in [0.1, 0.15) is 5.56 Å². The number of aromatic nitrogens is 1. The van der Waals surface area contributed by atoms with Crippen molar-refractivity contribution < 1.29 is 9.53 Å². The van der Waals surface area contributed by atoms with Gasteiger partial charge in [-0.05, 0) is 25.0 Å². The molecule has 2 aromatic rings. The lowest BCUT2D eigenvalue weighted by Crippen LogP contribution is -2.18. The van der Waals surface area contributed by atoms with Gasteiger partial charge in [0, 0.05) is 16.8 Å². The molecule has 0 saturated carbocycles. The first-order valence-corrected chi connectivity index (χ1v) is 7.18. The quantitative estimate of drug-likeness (QED) is 0.855. The monoisotopic (exact) mass is 275 g/mol. The van der Waals surface area contributed by atoms with Crippen molar-refractivity contribution >= 4 is 28.6 Å². The normalized spacial score (nSPS) is 13.5. The molecule has 1 aliphatic heterocycles. The Kier molecular flexibility index (Phi) is 3.06. The second kappa shape index (κ2) is 4.74. The number of esters is 1. The number of hydrogen-bond donors (Lipinski definition) is 1. The maximum Gasteiger partial charge on any atom is 0.343 e. The highest BCUT2D eigenvalue weighted by Gasteiger charge is 2.20. The largest absolute Gasteiger partial charge is 0.462 e. The molecule has 0 saturated heterocycles. The van der Waals surface area contributed by atoms with Crippen LogP contribution >= 0.6 is 11.8 Å². The number of carbonyl (C=O) groups is 1. The number of fused-ring (bicyclic) bond motifs is 3. The van der Waals surface area contributed by atoms with Crippen LogP contribution in [-0.2, 0) is 11.2 Å². The topological polar surface area (TPSA) is 59.2 Å². The van der Waals surface area contributed by atoms with Gasteiger partial charge >= 0.3 is 5.97 Å². The molecule has 0 aliphatic carbocycles. The van der Waals surface area contributed by atoms with Crippen molar-refractivity contribution in [2.75, 3.05) is 12.4 Å². The second-order valence-corrected chi connectivity index (χ2v) is 5.43. The van der Waals surface area contributed by atoms with Crippen molar-refractivity contribution in [3.8, 4) is 0 Å². The van der Waals surface area contributed by atoms with Crippen LogP contribution in [0.3, 0.4) is 0 Å². The van der Waals surface area contributed by atoms with Crippen LogP contribution in [0.25, 0.3) is 10.9 Å². The summed E-state index contributed by atoms with van der Waals surface area (Å²) in [5, 5.41) is 0.616. The fourth-order valence-corrected chi connectivity index (χ4v) is 3.54. The van der Waals surface area contributed by atoms with E-state index < -0.39 is 5.97 Å². The first-order valence-electron chi connectivity index (χ1n) is 6.19. The van der Waals surface area contributed by atoms with E-state index in [9.17, 15) is 9.59 Å². The highest BCUT2D eigenvalue weighted by molar-refractivity contribution is 7.99. The smallest absolute Gasteiger partial charge is 0.343 e. The van der Waals surface area contributed by atoms with Gasteiger partial charge in [0.25, 0.3) is 0 Å². The van der Waals surface area contributed by atoms with Crippen LogP contribution in [0.1, 0.15) is 22.8 Å². The molecule has 19 heavy (non-hydrogen) atoms. The lowest BCUT2D eigenvalue weighted by molar-refractivity contribution is 0.0524. The first-order chi connectivity index (χ1) is 9.22. The predicted molar refractivity (Wildman–Crippen MR) is 75.0 cm³/mol. The Hall–Kier alpha value is -1.75. The van der Waals surface area contributed by atoms with Crippen LogP contribution in [0.15, 0.2) is 28.0 Å². The summed E-state index contributed by atoms with van der Waals surface area (Å²) in [6.45, 7) is 1.98. The molecule has 1 aromatic heterocycles. The minimum absolute atomic E-state index is 0.0789. The minimum Gasteiger partial charge on any atom is -0.462 e. The molecule has 4 nitrogen and oxygen atoms in total. The van der Waals surface area contributed by atoms with Gasteiger partial charge in [-0.25, -0.2) is 4.79 Å². The lowest BCUT2D eigenvalue weighted by Gasteiger charge is -2.06. The van der Waals surface area contributed by atoms with Crippen molar-refractivity contribution in [2.24, 2.45) is 0 Å². The first kappa shape index (κ1) is 12.3. The molecule has 0 unspecified atom stereocenters. The molecule has 2 heterocycles. The number of H-pyrrole nitrogens is 1. The third-order valence-electron chi connectivity index (χ3n) is 3.20. The van der Waals surface area contributed by atoms with Crippen LogP contribution in [0, 0.1) is 0 Å². The van der Waals surface area contributed by atoms with E-state index in [1.807, 2.05) is 12.1 Å². The standard InChI is InChI=1S/C14H13NO3S/c1-2-18-14(17)9-7-15-10-4-3-8-5-6-19-13(8)11(10)12(9)16/h3-4,7H,2,5-6H2,1H3,(H,15,16). The third-order valence-corrected chi connectivity index (χ3v) is 4.36. The lowest BCUT2D eigenvalue weighted by atomic mass is 10.1. The van der Waals surface area contributed by atoms with Crippen molar-refractivity contribution in [1.82, 2.24) is 4.98 Å². The zero-order chi connectivity index (χ0) is 13.4. The maximum absolute atomic E-state index is 12.5. The van der Waals surface area contributed by atoms with Crippen LogP contribution in [0.2, 0.25) is 0 Å². The average Bonchev–Trinajstić information content (AvgIpc) is 2.87. The van der Waals surface area contributed by atoms with Crippen molar-refractivity contribution in [2.45, 2.75) is 18.2 Å². The summed E-state index contributed by atoms with van der Waals surface area (Å²) >= 11 is 1.67. The Morgan fingerprint density at radius 1 is 1.47 bits per heavy atom. The van der Waals surface area contributed by atoms with Crippen LogP contribution < -0.4 is 5.43 Å². The number of rotatable bonds is 2. The third kappa shape index (κ3) is 1.94. The minimum atomic E-state index is -0.564. The molecule has 0 radical (unpaired) electrons. The molecule has 0 atom stereocenters. The van der Waals surface area contributed by atoms with Crippen molar-refractivity contribution in [3.63, 3.8) is 0 Å². The molecule has 3 rings (SSSR count). The van der Waals surface area contributed by atoms with E-state index in [2.05, 4.69) is 4.98 Å². The summed E-state index contributed by atoms with van der Waals surface area (Å²) in [6, 6.07) is 3.94. The Bertz CT molecular complexity index is 720. The SMILES string of the molecule is CCOC(=O)c1c[nH]c2ccc3c(c2c1=O)SCC3. The number of ether oxygens (including phenoxy) is 1. The number of hydrogen-bond acceptors (Lipinski definition) is 4. The van der Waals surface area contributed by atoms with E-state index in [1.165, 1.54) is 11.8 Å². The molecule has 98 valence electrons. The van der Waals surface area contributed by atoms with Crippen LogP contribution in [-0.4, -0.2) is 23.3 Å². The Morgan fingerprint density at radius 2 is 2.32 bits per heavy atom. The van der Waals surface area contributed by atoms with E-state index in [-0.39, 0.29) is 17.6 Å². The van der Waals surface area contributed by atoms with Gasteiger partial charge in [0.15, 0.2) is 0 Å². The number of nitrogens with one attached hydrogen (secondary N) is 1. The van der Waals surface area contributed by atoms with Gasteiger partial charge in [-0.1, -0.05) is 6.07 Å². The van der Waals surface area contributed by atoms with Gasteiger partial charge in [0.05, 0.1) is 17.5 Å². The van der Waals surface area contributed by atoms with E-state index in [0.717, 1.165) is 22.6 Å². The number of pyridine rings is 1. The number of carbonyl (C=O) groups excluding carboxylic acids is 1. The Morgan fingerprint density at radius 3 is 3.11 bits per heavy atom. The second-order valence-electron chi connectivity index (χ2n) is 4.33. The summed E-state index contributed by atoms with van der Waals surface area (Å²) in [5.41, 5.74) is 1.80. The van der Waals surface area contributed by atoms with E-state index in [0.29, 0.717) is 5.39 Å². The number of benzene rings is 1. The summed E-state index contributed by atoms with van der Waals surface area (Å²) in [6.07, 6.45) is 2.41. The molecular weight excluding hydrogens is 262 g/mol. The summed E-state index contributed by atoms with van der Waals surface area (Å²) in [5.74, 6) is 0.420. The van der Waals surface area contributed by atoms with Crippen LogP contribution in [0.5, 0.6) is 0 Å². The van der Waals surface area contributed by atoms with E-state index >= 15 is 0 Å². The van der Waals surface area contributed by atoms with Gasteiger partial charge < -0.3 is 9.72 Å². The fraction of sp³-hybridized carbons (Fsp3) is 0.286. The average molecular weight is 275 g/mol. The summed E-state index contributed by atoms with van der Waals surface area (Å²) in [7, 11) is 0. The molecule has 1 aliphatic rings.